The van der Waals surface area contributed by atoms with Crippen molar-refractivity contribution in [3.05, 3.63) is 54.1 Å². The molecule has 16 nitrogen and oxygen atoms in total. The minimum absolute atomic E-state index is 0.0155. The molecule has 228 valence electrons. The first kappa shape index (κ1) is 33.2. The average Bonchev–Trinajstić information content (AvgIpc) is 3.45. The molecule has 0 aliphatic carbocycles. The van der Waals surface area contributed by atoms with Gasteiger partial charge in [-0.3, -0.25) is 24.2 Å². The van der Waals surface area contributed by atoms with E-state index in [1.807, 2.05) is 0 Å². The number of benzene rings is 1. The molecule has 12 N–H and O–H groups in total. The second kappa shape index (κ2) is 17.0. The van der Waals surface area contributed by atoms with E-state index in [1.165, 1.54) is 12.5 Å². The first-order valence-corrected chi connectivity index (χ1v) is 13.1. The van der Waals surface area contributed by atoms with Crippen LogP contribution in [-0.2, 0) is 36.8 Å². The Morgan fingerprint density at radius 1 is 0.881 bits per heavy atom. The number of rotatable bonds is 18. The number of nitrogens with one attached hydrogen (secondary N) is 4. The van der Waals surface area contributed by atoms with Crippen LogP contribution in [0.3, 0.4) is 0 Å². The van der Waals surface area contributed by atoms with Crippen LogP contribution < -0.4 is 33.2 Å². The summed E-state index contributed by atoms with van der Waals surface area (Å²) in [5, 5.41) is 26.1. The van der Waals surface area contributed by atoms with Crippen LogP contribution in [0.5, 0.6) is 0 Å². The van der Waals surface area contributed by atoms with Gasteiger partial charge >= 0.3 is 11.9 Å². The number of aliphatic imine (C=N–C) groups is 1. The number of aromatic nitrogens is 2. The van der Waals surface area contributed by atoms with Crippen molar-refractivity contribution in [3.63, 3.8) is 0 Å². The van der Waals surface area contributed by atoms with Gasteiger partial charge in [0.05, 0.1) is 12.4 Å². The number of carboxylic acid groups (broad SMARTS) is 2. The standard InChI is InChI=1S/C26H37N9O7/c27-17(8-9-21(36)37)22(38)34-20(12-16-13-30-14-32-16)24(40)35-19(11-15-5-2-1-3-6-15)23(39)33-18(25(41)42)7-4-10-31-26(28)29/h1-3,5-6,13-14,17-20H,4,7-12,27H2,(H,30,32)(H,33,39)(H,34,38)(H,35,40)(H,36,37)(H,41,42)(H4,28,29,31)/t17-,18-,19-,20-/m0/s1. The molecular weight excluding hydrogens is 550 g/mol. The summed E-state index contributed by atoms with van der Waals surface area (Å²) in [7, 11) is 0. The summed E-state index contributed by atoms with van der Waals surface area (Å²) in [6.45, 7) is 0.162. The maximum absolute atomic E-state index is 13.5. The zero-order chi connectivity index (χ0) is 31.1. The SMILES string of the molecule is NC(N)=NCCC[C@H](NC(=O)[C@H](Cc1ccccc1)NC(=O)[C@H](Cc1cnc[nH]1)NC(=O)[C@@H](N)CCC(=O)O)C(=O)O. The summed E-state index contributed by atoms with van der Waals surface area (Å²) >= 11 is 0. The highest BCUT2D eigenvalue weighted by Crippen LogP contribution is 2.08. The lowest BCUT2D eigenvalue weighted by molar-refractivity contribution is -0.142. The number of hydrogen-bond donors (Lipinski definition) is 9. The van der Waals surface area contributed by atoms with Crippen LogP contribution in [-0.4, -0.2) is 86.5 Å². The molecule has 0 saturated heterocycles. The molecular formula is C26H37N9O7. The monoisotopic (exact) mass is 587 g/mol. The molecule has 0 bridgehead atoms. The van der Waals surface area contributed by atoms with Gasteiger partial charge in [0.2, 0.25) is 17.7 Å². The van der Waals surface area contributed by atoms with Crippen LogP contribution in [0.1, 0.15) is 36.9 Å². The van der Waals surface area contributed by atoms with E-state index >= 15 is 0 Å². The second-order valence-electron chi connectivity index (χ2n) is 9.48. The van der Waals surface area contributed by atoms with E-state index in [2.05, 4.69) is 30.9 Å². The van der Waals surface area contributed by atoms with Gasteiger partial charge in [0.25, 0.3) is 0 Å². The van der Waals surface area contributed by atoms with Crippen molar-refractivity contribution in [2.24, 2.45) is 22.2 Å². The number of imidazole rings is 1. The summed E-state index contributed by atoms with van der Waals surface area (Å²) in [5.74, 6) is -4.82. The number of carbonyl (C=O) groups excluding carboxylic acids is 3. The third-order valence-corrected chi connectivity index (χ3v) is 6.09. The molecule has 1 aromatic carbocycles. The Labute approximate surface area is 241 Å². The molecule has 2 aromatic rings. The Morgan fingerprint density at radius 3 is 2.07 bits per heavy atom. The maximum atomic E-state index is 13.5. The molecule has 1 aromatic heterocycles. The Balaban J connectivity index is 2.23. The molecule has 0 spiro atoms. The highest BCUT2D eigenvalue weighted by Gasteiger charge is 2.31. The van der Waals surface area contributed by atoms with E-state index in [9.17, 15) is 29.1 Å². The van der Waals surface area contributed by atoms with Gasteiger partial charge in [-0.25, -0.2) is 9.78 Å². The minimum Gasteiger partial charge on any atom is -0.481 e. The summed E-state index contributed by atoms with van der Waals surface area (Å²) in [6.07, 6.45) is 2.59. The summed E-state index contributed by atoms with van der Waals surface area (Å²) in [5.41, 5.74) is 17.6. The molecule has 0 aliphatic heterocycles. The highest BCUT2D eigenvalue weighted by molar-refractivity contribution is 5.94. The Hall–Kier alpha value is -4.99. The number of carbonyl (C=O) groups is 5. The number of nitrogens with two attached hydrogens (primary N) is 3. The van der Waals surface area contributed by atoms with Gasteiger partial charge in [-0.15, -0.1) is 0 Å². The highest BCUT2D eigenvalue weighted by atomic mass is 16.4. The summed E-state index contributed by atoms with van der Waals surface area (Å²) in [4.78, 5) is 72.7. The van der Waals surface area contributed by atoms with Crippen LogP contribution in [0.25, 0.3) is 0 Å². The molecule has 0 radical (unpaired) electrons. The zero-order valence-corrected chi connectivity index (χ0v) is 22.9. The van der Waals surface area contributed by atoms with E-state index < -0.39 is 53.8 Å². The molecule has 2 rings (SSSR count). The molecule has 16 heteroatoms. The van der Waals surface area contributed by atoms with E-state index in [1.54, 1.807) is 30.3 Å². The van der Waals surface area contributed by atoms with Crippen molar-refractivity contribution in [3.8, 4) is 0 Å². The lowest BCUT2D eigenvalue weighted by atomic mass is 10.0. The number of H-pyrrole nitrogens is 1. The van der Waals surface area contributed by atoms with Crippen LogP contribution in [0.15, 0.2) is 47.8 Å². The molecule has 0 fully saturated rings. The predicted molar refractivity (Wildman–Crippen MR) is 151 cm³/mol. The summed E-state index contributed by atoms with van der Waals surface area (Å²) < 4.78 is 0. The Morgan fingerprint density at radius 2 is 1.50 bits per heavy atom. The smallest absolute Gasteiger partial charge is 0.326 e. The first-order valence-electron chi connectivity index (χ1n) is 13.1. The third-order valence-electron chi connectivity index (χ3n) is 6.09. The molecule has 0 saturated carbocycles. The number of guanidine groups is 1. The third kappa shape index (κ3) is 12.0. The second-order valence-corrected chi connectivity index (χ2v) is 9.48. The van der Waals surface area contributed by atoms with Crippen molar-refractivity contribution in [1.29, 1.82) is 0 Å². The van der Waals surface area contributed by atoms with Gasteiger partial charge < -0.3 is 48.3 Å². The van der Waals surface area contributed by atoms with Crippen LogP contribution in [0, 0.1) is 0 Å². The van der Waals surface area contributed by atoms with Crippen LogP contribution in [0.2, 0.25) is 0 Å². The predicted octanol–water partition coefficient (Wildman–Crippen LogP) is -2.02. The van der Waals surface area contributed by atoms with Crippen LogP contribution in [0.4, 0.5) is 0 Å². The van der Waals surface area contributed by atoms with Crippen molar-refractivity contribution in [1.82, 2.24) is 25.9 Å². The molecule has 1 heterocycles. The molecule has 0 unspecified atom stereocenters. The topological polar surface area (TPSA) is 281 Å². The van der Waals surface area contributed by atoms with Crippen molar-refractivity contribution >= 4 is 35.6 Å². The van der Waals surface area contributed by atoms with Crippen molar-refractivity contribution in [2.45, 2.75) is 62.7 Å². The maximum Gasteiger partial charge on any atom is 0.326 e. The number of amides is 3. The number of nitrogens with zero attached hydrogens (tertiary/aromatic N) is 2. The summed E-state index contributed by atoms with van der Waals surface area (Å²) in [6, 6.07) is 3.81. The van der Waals surface area contributed by atoms with Crippen molar-refractivity contribution < 1.29 is 34.2 Å². The minimum atomic E-state index is -1.28. The average molecular weight is 588 g/mol. The van der Waals surface area contributed by atoms with E-state index in [4.69, 9.17) is 22.3 Å². The van der Waals surface area contributed by atoms with Crippen molar-refractivity contribution in [2.75, 3.05) is 6.54 Å². The normalized spacial score (nSPS) is 13.5. The fraction of sp³-hybridized carbons (Fsp3) is 0.423. The largest absolute Gasteiger partial charge is 0.481 e. The quantitative estimate of drug-likeness (QED) is 0.0521. The van der Waals surface area contributed by atoms with Gasteiger partial charge in [0, 0.05) is 37.7 Å². The number of aromatic amines is 1. The van der Waals surface area contributed by atoms with E-state index in [0.29, 0.717) is 11.3 Å². The zero-order valence-electron chi connectivity index (χ0n) is 22.9. The lowest BCUT2D eigenvalue weighted by Gasteiger charge is -2.25. The fourth-order valence-corrected chi connectivity index (χ4v) is 3.88. The molecule has 4 atom stereocenters. The van der Waals surface area contributed by atoms with E-state index in [0.717, 1.165) is 0 Å². The van der Waals surface area contributed by atoms with Gasteiger partial charge in [0.1, 0.15) is 18.1 Å². The number of hydrogen-bond acceptors (Lipinski definition) is 8. The number of aliphatic carboxylic acids is 2. The fourth-order valence-electron chi connectivity index (χ4n) is 3.88. The van der Waals surface area contributed by atoms with Gasteiger partial charge in [0.15, 0.2) is 5.96 Å². The van der Waals surface area contributed by atoms with Crippen LogP contribution >= 0.6 is 0 Å². The van der Waals surface area contributed by atoms with Gasteiger partial charge in [-0.1, -0.05) is 30.3 Å². The number of carboxylic acids is 2. The molecule has 3 amide bonds. The van der Waals surface area contributed by atoms with E-state index in [-0.39, 0.29) is 51.0 Å². The molecule has 0 aliphatic rings. The lowest BCUT2D eigenvalue weighted by Crippen LogP contribution is -2.58. The first-order chi connectivity index (χ1) is 20.0. The van der Waals surface area contributed by atoms with Gasteiger partial charge in [-0.2, -0.15) is 0 Å². The van der Waals surface area contributed by atoms with Gasteiger partial charge in [-0.05, 0) is 24.8 Å². The Bertz CT molecular complexity index is 1220. The Kier molecular flexibility index (Phi) is 13.4. The molecule has 42 heavy (non-hydrogen) atoms.